The highest BCUT2D eigenvalue weighted by molar-refractivity contribution is 5.66. The average molecular weight is 262 g/mol. The van der Waals surface area contributed by atoms with Crippen LogP contribution >= 0.6 is 0 Å². The third kappa shape index (κ3) is 2.34. The summed E-state index contributed by atoms with van der Waals surface area (Å²) in [7, 11) is 2.00. The molecule has 7 nitrogen and oxygen atoms in total. The quantitative estimate of drug-likeness (QED) is 0.621. The van der Waals surface area contributed by atoms with Crippen LogP contribution < -0.4 is 16.2 Å². The summed E-state index contributed by atoms with van der Waals surface area (Å²) < 4.78 is 7.56. The summed E-state index contributed by atoms with van der Waals surface area (Å²) in [5.41, 5.74) is 3.40. The number of rotatable bonds is 4. The number of aromatic nitrogens is 3. The minimum absolute atomic E-state index is 0.274. The zero-order valence-corrected chi connectivity index (χ0v) is 10.9. The molecule has 0 bridgehead atoms. The number of imidazole rings is 1. The number of nitrogens with zero attached hydrogens (tertiary/aromatic N) is 4. The number of ether oxygens (including phenoxy) is 1. The van der Waals surface area contributed by atoms with Crippen LogP contribution in [0.25, 0.3) is 5.65 Å². The highest BCUT2D eigenvalue weighted by Gasteiger charge is 2.20. The van der Waals surface area contributed by atoms with Gasteiger partial charge in [0.1, 0.15) is 0 Å². The van der Waals surface area contributed by atoms with Crippen LogP contribution in [-0.2, 0) is 4.74 Å². The van der Waals surface area contributed by atoms with Crippen LogP contribution in [0.4, 0.5) is 11.6 Å². The Balaban J connectivity index is 1.90. The lowest BCUT2D eigenvalue weighted by molar-refractivity contribution is 0.116. The summed E-state index contributed by atoms with van der Waals surface area (Å²) in [6.07, 6.45) is 7.95. The van der Waals surface area contributed by atoms with Crippen molar-refractivity contribution >= 4 is 17.3 Å². The first-order valence-corrected chi connectivity index (χ1v) is 6.41. The number of hydrazine groups is 1. The number of fused-ring (bicyclic) bond motifs is 1. The normalized spacial score (nSPS) is 18.9. The van der Waals surface area contributed by atoms with E-state index in [1.165, 1.54) is 0 Å². The van der Waals surface area contributed by atoms with E-state index in [0.29, 0.717) is 5.82 Å². The lowest BCUT2D eigenvalue weighted by atomic mass is 10.2. The van der Waals surface area contributed by atoms with Crippen molar-refractivity contribution in [1.29, 1.82) is 0 Å². The summed E-state index contributed by atoms with van der Waals surface area (Å²) >= 11 is 0. The van der Waals surface area contributed by atoms with Gasteiger partial charge < -0.3 is 19.5 Å². The minimum atomic E-state index is 0.274. The molecular weight excluding hydrogens is 244 g/mol. The van der Waals surface area contributed by atoms with Crippen molar-refractivity contribution in [2.45, 2.75) is 18.9 Å². The Morgan fingerprint density at radius 1 is 1.63 bits per heavy atom. The third-order valence-electron chi connectivity index (χ3n) is 3.37. The molecule has 3 heterocycles. The lowest BCUT2D eigenvalue weighted by Gasteiger charge is -2.22. The fourth-order valence-corrected chi connectivity index (χ4v) is 2.42. The highest BCUT2D eigenvalue weighted by Crippen LogP contribution is 2.21. The Labute approximate surface area is 111 Å². The van der Waals surface area contributed by atoms with Gasteiger partial charge in [0.2, 0.25) is 0 Å². The number of nitrogens with two attached hydrogens (primary N) is 1. The van der Waals surface area contributed by atoms with Crippen molar-refractivity contribution in [3.8, 4) is 0 Å². The van der Waals surface area contributed by atoms with Gasteiger partial charge in [0.05, 0.1) is 12.3 Å². The Morgan fingerprint density at radius 3 is 3.26 bits per heavy atom. The highest BCUT2D eigenvalue weighted by atomic mass is 16.5. The number of hydrogen-bond acceptors (Lipinski definition) is 6. The molecule has 0 saturated carbocycles. The van der Waals surface area contributed by atoms with Gasteiger partial charge in [-0.05, 0) is 12.8 Å². The van der Waals surface area contributed by atoms with Crippen LogP contribution in [0.15, 0.2) is 18.6 Å². The van der Waals surface area contributed by atoms with Gasteiger partial charge in [-0.3, -0.25) is 0 Å². The molecule has 3 rings (SSSR count). The van der Waals surface area contributed by atoms with E-state index in [1.54, 1.807) is 6.20 Å². The maximum atomic E-state index is 5.66. The smallest absolute Gasteiger partial charge is 0.180 e. The van der Waals surface area contributed by atoms with Crippen LogP contribution in [0.3, 0.4) is 0 Å². The van der Waals surface area contributed by atoms with E-state index < -0.39 is 0 Å². The molecular formula is C12H18N6O. The average Bonchev–Trinajstić information content (AvgIpc) is 3.07. The molecule has 1 saturated heterocycles. The van der Waals surface area contributed by atoms with E-state index in [9.17, 15) is 0 Å². The second-order valence-corrected chi connectivity index (χ2v) is 4.77. The van der Waals surface area contributed by atoms with Crippen LogP contribution in [0.1, 0.15) is 12.8 Å². The molecule has 1 fully saturated rings. The second-order valence-electron chi connectivity index (χ2n) is 4.77. The molecule has 2 aromatic rings. The molecule has 1 atom stereocenters. The first kappa shape index (κ1) is 12.2. The summed E-state index contributed by atoms with van der Waals surface area (Å²) in [6.45, 7) is 1.67. The van der Waals surface area contributed by atoms with Crippen molar-refractivity contribution in [1.82, 2.24) is 14.4 Å². The molecule has 0 aliphatic carbocycles. The van der Waals surface area contributed by atoms with Gasteiger partial charge >= 0.3 is 0 Å². The first-order chi connectivity index (χ1) is 9.28. The Hall–Kier alpha value is -1.86. The van der Waals surface area contributed by atoms with Crippen LogP contribution in [0, 0.1) is 0 Å². The van der Waals surface area contributed by atoms with Crippen molar-refractivity contribution in [3.05, 3.63) is 18.6 Å². The van der Waals surface area contributed by atoms with Crippen molar-refractivity contribution < 1.29 is 4.74 Å². The van der Waals surface area contributed by atoms with Crippen LogP contribution in [0.5, 0.6) is 0 Å². The van der Waals surface area contributed by atoms with Gasteiger partial charge in [-0.25, -0.2) is 15.8 Å². The van der Waals surface area contributed by atoms with Crippen molar-refractivity contribution in [3.63, 3.8) is 0 Å². The topological polar surface area (TPSA) is 80.7 Å². The van der Waals surface area contributed by atoms with E-state index in [4.69, 9.17) is 10.6 Å². The molecule has 102 valence electrons. The van der Waals surface area contributed by atoms with E-state index >= 15 is 0 Å². The molecule has 1 unspecified atom stereocenters. The minimum Gasteiger partial charge on any atom is -0.376 e. The van der Waals surface area contributed by atoms with Gasteiger partial charge in [-0.2, -0.15) is 0 Å². The molecule has 0 aromatic carbocycles. The lowest BCUT2D eigenvalue weighted by Crippen LogP contribution is -2.30. The molecule has 1 aliphatic heterocycles. The molecule has 2 aromatic heterocycles. The number of hydrogen-bond donors (Lipinski definition) is 2. The summed E-state index contributed by atoms with van der Waals surface area (Å²) in [5, 5.41) is 0. The molecule has 7 heteroatoms. The standard InChI is InChI=1S/C12H18N6O/c1-17(7-9-3-2-6-19-9)12-11-14-4-5-18(11)8-10(15-12)16-13/h4-5,8-9,16H,2-3,6-7,13H2,1H3. The predicted octanol–water partition coefficient (Wildman–Crippen LogP) is 0.630. The first-order valence-electron chi connectivity index (χ1n) is 6.41. The fourth-order valence-electron chi connectivity index (χ4n) is 2.42. The van der Waals surface area contributed by atoms with Gasteiger partial charge in [-0.1, -0.05) is 0 Å². The molecule has 0 spiro atoms. The van der Waals surface area contributed by atoms with E-state index in [2.05, 4.69) is 20.3 Å². The summed E-state index contributed by atoms with van der Waals surface area (Å²) in [6, 6.07) is 0. The van der Waals surface area contributed by atoms with Crippen LogP contribution in [0.2, 0.25) is 0 Å². The Bertz CT molecular complexity index is 562. The monoisotopic (exact) mass is 262 g/mol. The van der Waals surface area contributed by atoms with Gasteiger partial charge in [0.15, 0.2) is 17.3 Å². The Kier molecular flexibility index (Phi) is 3.22. The molecule has 1 aliphatic rings. The number of anilines is 2. The van der Waals surface area contributed by atoms with Gasteiger partial charge in [0.25, 0.3) is 0 Å². The zero-order chi connectivity index (χ0) is 13.2. The van der Waals surface area contributed by atoms with Gasteiger partial charge in [0, 0.05) is 32.6 Å². The molecule has 19 heavy (non-hydrogen) atoms. The van der Waals surface area contributed by atoms with Crippen LogP contribution in [-0.4, -0.2) is 40.7 Å². The van der Waals surface area contributed by atoms with Gasteiger partial charge in [-0.15, -0.1) is 0 Å². The molecule has 0 amide bonds. The SMILES string of the molecule is CN(CC1CCCO1)c1nc(NN)cn2ccnc12. The maximum absolute atomic E-state index is 5.66. The maximum Gasteiger partial charge on any atom is 0.180 e. The molecule has 0 radical (unpaired) electrons. The number of likely N-dealkylation sites (N-methyl/N-ethyl adjacent to an activating group) is 1. The van der Waals surface area contributed by atoms with E-state index in [0.717, 1.165) is 37.5 Å². The summed E-state index contributed by atoms with van der Waals surface area (Å²) in [4.78, 5) is 10.9. The third-order valence-corrected chi connectivity index (χ3v) is 3.37. The molecule has 3 N–H and O–H groups in total. The number of nitrogen functional groups attached to an aromatic ring is 1. The van der Waals surface area contributed by atoms with E-state index in [-0.39, 0.29) is 6.10 Å². The Morgan fingerprint density at radius 2 is 2.53 bits per heavy atom. The van der Waals surface area contributed by atoms with Crippen molar-refractivity contribution in [2.75, 3.05) is 30.5 Å². The second kappa shape index (κ2) is 5.02. The number of nitrogens with one attached hydrogen (secondary N) is 1. The zero-order valence-electron chi connectivity index (χ0n) is 10.9. The van der Waals surface area contributed by atoms with Crippen molar-refractivity contribution in [2.24, 2.45) is 5.84 Å². The fraction of sp³-hybridized carbons (Fsp3) is 0.500. The van der Waals surface area contributed by atoms with E-state index in [1.807, 2.05) is 23.8 Å². The summed E-state index contributed by atoms with van der Waals surface area (Å²) in [5.74, 6) is 6.87. The largest absolute Gasteiger partial charge is 0.376 e. The predicted molar refractivity (Wildman–Crippen MR) is 73.0 cm³/mol.